The van der Waals surface area contributed by atoms with Crippen molar-refractivity contribution in [3.63, 3.8) is 0 Å². The van der Waals surface area contributed by atoms with Crippen molar-refractivity contribution in [2.24, 2.45) is 52.5 Å². The number of carbonyl (C=O) groups excluding carboxylic acids is 11. The summed E-state index contributed by atoms with van der Waals surface area (Å²) in [5.74, 6) is -3.33. The summed E-state index contributed by atoms with van der Waals surface area (Å²) < 4.78 is 0. The van der Waals surface area contributed by atoms with E-state index < -0.39 is 36.0 Å². The molecule has 11 amide bonds. The summed E-state index contributed by atoms with van der Waals surface area (Å²) in [5.41, 5.74) is 22.7. The topological polar surface area (TPSA) is 590 Å². The molecule has 12 atom stereocenters. The Bertz CT molecular complexity index is 2710. The molecule has 662 valence electrons. The molecule has 0 bridgehead atoms. The van der Waals surface area contributed by atoms with E-state index in [-0.39, 0.29) is 243 Å². The summed E-state index contributed by atoms with van der Waals surface area (Å²) in [6, 6.07) is -3.66. The maximum Gasteiger partial charge on any atom is 0.303 e. The van der Waals surface area contributed by atoms with Gasteiger partial charge in [0.25, 0.3) is 0 Å². The fourth-order valence-corrected chi connectivity index (χ4v) is 12.7. The summed E-state index contributed by atoms with van der Waals surface area (Å²) in [6.07, 6.45) is 5.96. The predicted molar refractivity (Wildman–Crippen MR) is 444 cm³/mol. The average molecular weight is 1630 g/mol. The first-order valence-electron chi connectivity index (χ1n) is 41.3. The molecule has 0 spiro atoms. The highest BCUT2D eigenvalue weighted by Crippen LogP contribution is 2.10. The van der Waals surface area contributed by atoms with E-state index in [4.69, 9.17) is 28.0 Å². The fraction of sp³-hybridized carbons (Fsp3) is 0.842. The van der Waals surface area contributed by atoms with Crippen LogP contribution >= 0.6 is 0 Å². The Kier molecular flexibility index (Phi) is 62.1. The molecular weight excluding hydrogens is 1470 g/mol. The Balaban J connectivity index is 5.23. The Morgan fingerprint density at radius 1 is 0.307 bits per heavy atom. The minimum atomic E-state index is -0.996. The van der Waals surface area contributed by atoms with Gasteiger partial charge in [0.2, 0.25) is 65.0 Å². The second kappa shape index (κ2) is 66.1. The van der Waals surface area contributed by atoms with Crippen LogP contribution in [0.25, 0.3) is 0 Å². The van der Waals surface area contributed by atoms with Gasteiger partial charge >= 0.3 is 5.97 Å². The van der Waals surface area contributed by atoms with Crippen molar-refractivity contribution in [3.05, 3.63) is 0 Å². The number of hydrogen-bond donors (Lipinski definition) is 26. The molecule has 2 unspecified atom stereocenters. The first kappa shape index (κ1) is 107. The number of aliphatic hydroxyl groups is 1. The smallest absolute Gasteiger partial charge is 0.303 e. The van der Waals surface area contributed by atoms with Crippen LogP contribution < -0.4 is 129 Å². The van der Waals surface area contributed by atoms with Crippen LogP contribution in [0.4, 0.5) is 0 Å². The average Bonchev–Trinajstić information content (AvgIpc) is 0.919. The van der Waals surface area contributed by atoms with Gasteiger partial charge in [-0.3, -0.25) is 57.5 Å². The Morgan fingerprint density at radius 3 is 0.772 bits per heavy atom. The van der Waals surface area contributed by atoms with Crippen LogP contribution in [0.5, 0.6) is 0 Å². The molecule has 0 saturated heterocycles. The highest BCUT2D eigenvalue weighted by molar-refractivity contribution is 5.82. The molecule has 0 fully saturated rings. The van der Waals surface area contributed by atoms with Crippen LogP contribution in [0.15, 0.2) is 0 Å². The van der Waals surface area contributed by atoms with Crippen molar-refractivity contribution in [1.29, 1.82) is 0 Å². The van der Waals surface area contributed by atoms with Crippen LogP contribution in [-0.2, 0) is 57.5 Å². The zero-order valence-corrected chi connectivity index (χ0v) is 70.8. The normalized spacial score (nSPS) is 14.7. The van der Waals surface area contributed by atoms with Crippen molar-refractivity contribution < 1.29 is 67.7 Å². The van der Waals surface area contributed by atoms with Crippen molar-refractivity contribution in [2.45, 2.75) is 233 Å². The summed E-state index contributed by atoms with van der Waals surface area (Å²) in [7, 11) is 0. The van der Waals surface area contributed by atoms with E-state index in [0.717, 1.165) is 6.42 Å². The third-order valence-electron chi connectivity index (χ3n) is 18.3. The van der Waals surface area contributed by atoms with Crippen molar-refractivity contribution >= 4 is 70.9 Å². The Hall–Kier alpha value is -6.92. The maximum absolute atomic E-state index is 13.4. The number of rotatable bonds is 73. The van der Waals surface area contributed by atoms with Gasteiger partial charge in [-0.25, -0.2) is 0 Å². The Labute approximate surface area is 678 Å². The maximum atomic E-state index is 13.4. The van der Waals surface area contributed by atoms with Crippen molar-refractivity contribution in [3.8, 4) is 0 Å². The highest BCUT2D eigenvalue weighted by Gasteiger charge is 2.26. The quantitative estimate of drug-likeness (QED) is 0.0269. The lowest BCUT2D eigenvalue weighted by molar-refractivity contribution is -0.137. The molecule has 0 aliphatic rings. The summed E-state index contributed by atoms with van der Waals surface area (Å²) >= 11 is 0. The second-order valence-electron chi connectivity index (χ2n) is 31.7. The first-order chi connectivity index (χ1) is 54.1. The Morgan fingerprint density at radius 2 is 0.535 bits per heavy atom. The van der Waals surface area contributed by atoms with Gasteiger partial charge in [0.05, 0.1) is 77.6 Å². The third kappa shape index (κ3) is 61.5. The largest absolute Gasteiger partial charge is 0.481 e. The molecule has 0 aliphatic heterocycles. The molecule has 0 aliphatic carbocycles. The number of primary amides is 1. The standard InChI is InChI=1S/C76H154N24O14/c1-13-53(10)64(37-89-45-72(109)97-62(27-51(6)7)35-87-44-71(108)95-60(25-49(2)3)33-81-39-66(80)103)99-74(111)47-84-31-58(19-16-24-79)94-69(106)42-86-34-61(26-50(4)5)98-73(110)46-90-38-65(54(11)101)100-75(112)48-88-36-63(28-52(8)9)96-70(107)43-83-30-57(18-15-23-78)92-67(104)40-82-29-56(17-14-22-77)93-68(105)41-85-32-59(91-55(12)102)20-21-76(113)114/h49-54,56-65,81-90,101H,13-48,77-79H2,1-12H3,(H2,80,103)(H,91,102)(H,92,104)(H,93,105)(H,94,106)(H,95,108)(H,96,107)(H,97,109)(H,98,110)(H,99,111)(H,100,112)(H,113,114)/t53?,54?,56-,57-,58-,59-,60-,61-,62-,63-,64+,65+/m0/s1. The van der Waals surface area contributed by atoms with Gasteiger partial charge in [0.15, 0.2) is 0 Å². The zero-order chi connectivity index (χ0) is 85.8. The third-order valence-corrected chi connectivity index (χ3v) is 18.3. The minimum Gasteiger partial charge on any atom is -0.481 e. The van der Waals surface area contributed by atoms with E-state index in [0.29, 0.717) is 116 Å². The molecule has 0 radical (unpaired) electrons. The van der Waals surface area contributed by atoms with Gasteiger partial charge < -0.3 is 139 Å². The second-order valence-corrected chi connectivity index (χ2v) is 31.7. The van der Waals surface area contributed by atoms with E-state index in [1.807, 2.05) is 41.5 Å². The van der Waals surface area contributed by atoms with Crippen LogP contribution in [0, 0.1) is 29.6 Å². The van der Waals surface area contributed by atoms with E-state index in [9.17, 15) is 62.6 Å². The van der Waals surface area contributed by atoms with Gasteiger partial charge in [-0.1, -0.05) is 75.7 Å². The fourth-order valence-electron chi connectivity index (χ4n) is 12.7. The highest BCUT2D eigenvalue weighted by atomic mass is 16.4. The summed E-state index contributed by atoms with van der Waals surface area (Å²) in [4.78, 5) is 152. The van der Waals surface area contributed by atoms with E-state index >= 15 is 0 Å². The molecule has 0 saturated carbocycles. The summed E-state index contributed by atoms with van der Waals surface area (Å²) in [5, 5.41) is 80.5. The molecule has 0 aromatic rings. The number of carbonyl (C=O) groups is 12. The molecule has 38 nitrogen and oxygen atoms in total. The van der Waals surface area contributed by atoms with E-state index in [2.05, 4.69) is 134 Å². The number of amides is 11. The number of hydrogen-bond acceptors (Lipinski definition) is 26. The number of aliphatic hydroxyl groups excluding tert-OH is 1. The van der Waals surface area contributed by atoms with Gasteiger partial charge in [0.1, 0.15) is 0 Å². The number of carboxylic acids is 1. The zero-order valence-electron chi connectivity index (χ0n) is 70.8. The minimum absolute atomic E-state index is 0.0139. The van der Waals surface area contributed by atoms with E-state index in [1.165, 1.54) is 13.8 Å². The molecule has 0 aromatic carbocycles. The number of nitrogens with one attached hydrogen (secondary N) is 20. The van der Waals surface area contributed by atoms with E-state index in [1.54, 1.807) is 0 Å². The molecule has 30 N–H and O–H groups in total. The van der Waals surface area contributed by atoms with Crippen molar-refractivity contribution in [2.75, 3.05) is 151 Å². The monoisotopic (exact) mass is 1630 g/mol. The molecule has 38 heteroatoms. The van der Waals surface area contributed by atoms with Crippen LogP contribution in [-0.4, -0.2) is 298 Å². The van der Waals surface area contributed by atoms with Crippen LogP contribution in [0.2, 0.25) is 0 Å². The SMILES string of the molecule is CCC(C)[C@@H](CNCC(=O)N[C@H](CNCC(=O)N[C@H](CNCC(N)=O)CC(C)C)CC(C)C)NC(=O)CNC[C@H](CCCN)NC(=O)CNC[C@H](CC(C)C)NC(=O)CNC[C@@H](NC(=O)CNC[C@H](CC(C)C)NC(=O)CNC[C@H](CCCN)NC(=O)CNC[C@H](CCCN)NC(=O)CNC[C@H](CCC(=O)O)NC(C)=O)C(C)O. The van der Waals surface area contributed by atoms with Crippen LogP contribution in [0.1, 0.15) is 167 Å². The lowest BCUT2D eigenvalue weighted by atomic mass is 9.99. The molecule has 0 rings (SSSR count). The van der Waals surface area contributed by atoms with Crippen LogP contribution in [0.3, 0.4) is 0 Å². The van der Waals surface area contributed by atoms with Gasteiger partial charge in [-0.15, -0.1) is 0 Å². The molecular formula is C76H154N24O14. The molecule has 0 heterocycles. The van der Waals surface area contributed by atoms with Gasteiger partial charge in [-0.2, -0.15) is 0 Å². The van der Waals surface area contributed by atoms with Crippen molar-refractivity contribution in [1.82, 2.24) is 106 Å². The summed E-state index contributed by atoms with van der Waals surface area (Å²) in [6.45, 7) is 26.7. The first-order valence-corrected chi connectivity index (χ1v) is 41.3. The molecule has 0 aromatic heterocycles. The number of aliphatic carboxylic acids is 1. The molecule has 114 heavy (non-hydrogen) atoms. The van der Waals surface area contributed by atoms with Gasteiger partial charge in [0, 0.05) is 133 Å². The number of nitrogens with two attached hydrogens (primary N) is 4. The lowest BCUT2D eigenvalue weighted by Gasteiger charge is -2.26. The number of carboxylic acid groups (broad SMARTS) is 1. The lowest BCUT2D eigenvalue weighted by Crippen LogP contribution is -2.53. The van der Waals surface area contributed by atoms with Gasteiger partial charge in [-0.05, 0) is 127 Å². The predicted octanol–water partition coefficient (Wildman–Crippen LogP) is -6.07.